The van der Waals surface area contributed by atoms with Crippen LogP contribution in [0.3, 0.4) is 0 Å². The van der Waals surface area contributed by atoms with Gasteiger partial charge in [-0.15, -0.1) is 0 Å². The second kappa shape index (κ2) is 6.87. The Kier molecular flexibility index (Phi) is 6.57. The smallest absolute Gasteiger partial charge is 0.186 e. The largest absolute Gasteiger partial charge is 0.776 e. The maximum atomic E-state index is 9.32. The first-order chi connectivity index (χ1) is 7.59. The summed E-state index contributed by atoms with van der Waals surface area (Å²) in [6, 6.07) is 4.51. The number of halogens is 2. The summed E-state index contributed by atoms with van der Waals surface area (Å²) < 4.78 is 11.0. The first-order valence-corrected chi connectivity index (χ1v) is 7.76. The molecule has 0 aromatic heterocycles. The fourth-order valence-corrected chi connectivity index (χ4v) is 0.919. The molecular weight excluding hydrogens is 288 g/mol. The fraction of sp³-hybridized carbons (Fsp3) is 0.222. The van der Waals surface area contributed by atoms with Crippen molar-refractivity contribution in [3.8, 4) is 11.5 Å². The molecule has 1 aromatic rings. The maximum Gasteiger partial charge on any atom is 0.186 e. The van der Waals surface area contributed by atoms with Gasteiger partial charge in [0.2, 0.25) is 0 Å². The van der Waals surface area contributed by atoms with Gasteiger partial charge in [0, 0.05) is 6.07 Å². The number of aromatic hydroxyl groups is 2. The lowest BCUT2D eigenvalue weighted by Crippen LogP contribution is -1.99. The van der Waals surface area contributed by atoms with E-state index in [0.29, 0.717) is 5.56 Å². The molecule has 0 aliphatic rings. The highest BCUT2D eigenvalue weighted by atomic mass is 35.9. The van der Waals surface area contributed by atoms with Crippen molar-refractivity contribution >= 4 is 34.8 Å². The monoisotopic (exact) mass is 299 g/mol. The highest BCUT2D eigenvalue weighted by molar-refractivity contribution is 8.03. The topological polar surface area (TPSA) is 83.6 Å². The maximum absolute atomic E-state index is 9.32. The molecule has 0 aliphatic heterocycles. The molecular formula is C9H12Cl2NO4P. The van der Waals surface area contributed by atoms with Crippen molar-refractivity contribution in [3.05, 3.63) is 23.8 Å². The zero-order valence-corrected chi connectivity index (χ0v) is 11.6. The van der Waals surface area contributed by atoms with Crippen molar-refractivity contribution in [1.29, 1.82) is 0 Å². The van der Waals surface area contributed by atoms with E-state index in [1.807, 2.05) is 18.7 Å². The molecule has 2 N–H and O–H groups in total. The van der Waals surface area contributed by atoms with Crippen molar-refractivity contribution in [2.24, 2.45) is 0 Å². The fourth-order valence-electron chi connectivity index (χ4n) is 0.919. The van der Waals surface area contributed by atoms with Crippen LogP contribution in [0.4, 0.5) is 0 Å². The highest BCUT2D eigenvalue weighted by Gasteiger charge is 2.01. The van der Waals surface area contributed by atoms with Gasteiger partial charge in [0.1, 0.15) is 25.6 Å². The van der Waals surface area contributed by atoms with Gasteiger partial charge in [-0.05, 0) is 12.1 Å². The number of benzene rings is 1. The van der Waals surface area contributed by atoms with Crippen molar-refractivity contribution in [2.75, 3.05) is 14.1 Å². The summed E-state index contributed by atoms with van der Waals surface area (Å²) in [6.45, 7) is 0. The molecule has 0 spiro atoms. The van der Waals surface area contributed by atoms with Crippen molar-refractivity contribution in [3.63, 3.8) is 0 Å². The molecule has 0 amide bonds. The molecule has 17 heavy (non-hydrogen) atoms. The number of hydrogen-bond acceptors (Lipinski definition) is 4. The lowest BCUT2D eigenvalue weighted by Gasteiger charge is -1.98. The number of phenolic OH excluding ortho intramolecular Hbond substituents is 2. The lowest BCUT2D eigenvalue weighted by molar-refractivity contribution is -0.458. The molecule has 5 nitrogen and oxygen atoms in total. The molecule has 1 aromatic carbocycles. The quantitative estimate of drug-likeness (QED) is 0.470. The van der Waals surface area contributed by atoms with Gasteiger partial charge in [-0.1, -0.05) is 22.5 Å². The normalized spacial score (nSPS) is 10.2. The number of hydrogen-bond donors (Lipinski definition) is 2. The van der Waals surface area contributed by atoms with E-state index >= 15 is 0 Å². The van der Waals surface area contributed by atoms with Crippen LogP contribution in [0.5, 0.6) is 11.5 Å². The molecule has 8 heteroatoms. The van der Waals surface area contributed by atoms with E-state index in [-0.39, 0.29) is 11.5 Å². The summed E-state index contributed by atoms with van der Waals surface area (Å²) in [6.07, 6.45) is -2.17. The van der Waals surface area contributed by atoms with E-state index in [1.54, 1.807) is 12.3 Å². The van der Waals surface area contributed by atoms with Crippen molar-refractivity contribution < 1.29 is 24.2 Å². The van der Waals surface area contributed by atoms with Crippen LogP contribution in [0.2, 0.25) is 0 Å². The zero-order chi connectivity index (χ0) is 13.6. The Hall–Kier alpha value is -0.740. The van der Waals surface area contributed by atoms with E-state index in [2.05, 4.69) is 22.5 Å². The minimum atomic E-state index is -3.94. The number of nitrogens with zero attached hydrogens (tertiary/aromatic N) is 1. The summed E-state index contributed by atoms with van der Waals surface area (Å²) >= 11 is 8.59. The molecule has 0 unspecified atom stereocenters. The summed E-state index contributed by atoms with van der Waals surface area (Å²) in [5, 5.41) is 18.3. The molecule has 0 atom stereocenters. The van der Waals surface area contributed by atoms with Gasteiger partial charge in [-0.3, -0.25) is 0 Å². The van der Waals surface area contributed by atoms with Crippen LogP contribution < -0.4 is 4.89 Å². The van der Waals surface area contributed by atoms with E-state index < -0.39 is 6.07 Å². The van der Waals surface area contributed by atoms with Crippen molar-refractivity contribution in [2.45, 2.75) is 0 Å². The molecule has 0 heterocycles. The van der Waals surface area contributed by atoms with Gasteiger partial charge < -0.3 is 19.7 Å². The molecule has 0 bridgehead atoms. The van der Waals surface area contributed by atoms with Gasteiger partial charge in [-0.2, -0.15) is 0 Å². The third-order valence-corrected chi connectivity index (χ3v) is 1.41. The first-order valence-electron chi connectivity index (χ1n) is 4.33. The first kappa shape index (κ1) is 16.3. The summed E-state index contributed by atoms with van der Waals surface area (Å²) in [5.41, 5.74) is 0.692. The Morgan fingerprint density at radius 2 is 1.82 bits per heavy atom. The Morgan fingerprint density at radius 1 is 1.35 bits per heavy atom. The van der Waals surface area contributed by atoms with Gasteiger partial charge in [0.15, 0.2) is 12.3 Å². The molecule has 0 saturated carbocycles. The summed E-state index contributed by atoms with van der Waals surface area (Å²) in [4.78, 5) is 9.19. The predicted molar refractivity (Wildman–Crippen MR) is 66.4 cm³/mol. The molecule has 0 aliphatic carbocycles. The third kappa shape index (κ3) is 10.1. The average Bonchev–Trinajstić information content (AvgIpc) is 2.06. The van der Waals surface area contributed by atoms with Gasteiger partial charge >= 0.3 is 0 Å². The van der Waals surface area contributed by atoms with Crippen LogP contribution in [0.15, 0.2) is 18.2 Å². The van der Waals surface area contributed by atoms with E-state index in [0.717, 1.165) is 0 Å². The Bertz CT molecular complexity index is 446. The average molecular weight is 300 g/mol. The van der Waals surface area contributed by atoms with Crippen LogP contribution in [-0.4, -0.2) is 35.1 Å². The van der Waals surface area contributed by atoms with E-state index in [4.69, 9.17) is 5.11 Å². The van der Waals surface area contributed by atoms with Crippen molar-refractivity contribution in [1.82, 2.24) is 0 Å². The van der Waals surface area contributed by atoms with E-state index in [1.165, 1.54) is 12.1 Å². The van der Waals surface area contributed by atoms with Crippen LogP contribution in [0.1, 0.15) is 5.56 Å². The minimum Gasteiger partial charge on any atom is -0.776 e. The second-order valence-corrected chi connectivity index (χ2v) is 7.27. The molecule has 0 radical (unpaired) electrons. The Labute approximate surface area is 109 Å². The standard InChI is InChI=1S/C9H11NO2.Cl2HO2P/c1-10(2)6-7-3-4-8(11)5-9(7)12;1-5(2,3)4/h3-6H,1-2H3,(H,11,12);(H,3,4). The van der Waals surface area contributed by atoms with E-state index in [9.17, 15) is 14.6 Å². The van der Waals surface area contributed by atoms with Crippen LogP contribution in [0, 0.1) is 0 Å². The second-order valence-electron chi connectivity index (χ2n) is 3.25. The number of rotatable bonds is 1. The van der Waals surface area contributed by atoms with Crippen LogP contribution in [-0.2, 0) is 4.57 Å². The SMILES string of the molecule is C[N+](C)=Cc1ccc(O)cc1O.O=P([O-])(Cl)Cl. The van der Waals surface area contributed by atoms with Gasteiger partial charge in [-0.25, -0.2) is 4.58 Å². The van der Waals surface area contributed by atoms with Crippen LogP contribution in [0.25, 0.3) is 0 Å². The number of phenols is 2. The summed E-state index contributed by atoms with van der Waals surface area (Å²) in [5.74, 6) is 0.159. The lowest BCUT2D eigenvalue weighted by atomic mass is 10.2. The Balaban J connectivity index is 0.000000437. The molecule has 0 fully saturated rings. The summed E-state index contributed by atoms with van der Waals surface area (Å²) in [7, 11) is 3.73. The highest BCUT2D eigenvalue weighted by Crippen LogP contribution is 2.46. The Morgan fingerprint density at radius 3 is 2.18 bits per heavy atom. The predicted octanol–water partition coefficient (Wildman–Crippen LogP) is 1.72. The third-order valence-electron chi connectivity index (χ3n) is 1.41. The minimum absolute atomic E-state index is 0.0726. The van der Waals surface area contributed by atoms with Gasteiger partial charge in [0.05, 0.1) is 5.56 Å². The van der Waals surface area contributed by atoms with Gasteiger partial charge in [0.25, 0.3) is 0 Å². The molecule has 96 valence electrons. The van der Waals surface area contributed by atoms with Crippen LogP contribution >= 0.6 is 28.6 Å². The molecule has 0 saturated heterocycles. The zero-order valence-electron chi connectivity index (χ0n) is 9.17. The molecule has 1 rings (SSSR count).